The molecule has 0 aromatic heterocycles. The zero-order valence-electron chi connectivity index (χ0n) is 18.3. The van der Waals surface area contributed by atoms with Crippen molar-refractivity contribution in [2.75, 3.05) is 32.8 Å². The molecule has 8 heteroatoms. The Hall–Kier alpha value is -2.45. The predicted octanol–water partition coefficient (Wildman–Crippen LogP) is 1.55. The van der Waals surface area contributed by atoms with Crippen molar-refractivity contribution in [2.24, 2.45) is 5.92 Å². The number of benzene rings is 1. The van der Waals surface area contributed by atoms with Gasteiger partial charge in [0, 0.05) is 50.6 Å². The average Bonchev–Trinajstić information content (AvgIpc) is 3.43. The molecule has 3 heterocycles. The van der Waals surface area contributed by atoms with E-state index in [2.05, 4.69) is 5.32 Å². The zero-order chi connectivity index (χ0) is 22.1. The van der Waals surface area contributed by atoms with Gasteiger partial charge in [-0.3, -0.25) is 19.3 Å². The topological polar surface area (TPSA) is 88.2 Å². The van der Waals surface area contributed by atoms with Crippen LogP contribution in [0, 0.1) is 5.92 Å². The second-order valence-electron chi connectivity index (χ2n) is 9.29. The Kier molecular flexibility index (Phi) is 5.90. The van der Waals surface area contributed by atoms with E-state index in [1.54, 1.807) is 17.0 Å². The Morgan fingerprint density at radius 2 is 1.81 bits per heavy atom. The van der Waals surface area contributed by atoms with Crippen LogP contribution in [-0.4, -0.2) is 78.2 Å². The van der Waals surface area contributed by atoms with Gasteiger partial charge in [0.15, 0.2) is 0 Å². The number of hydrogen-bond donors (Lipinski definition) is 1. The summed E-state index contributed by atoms with van der Waals surface area (Å²) >= 11 is 0. The number of rotatable bonds is 5. The highest BCUT2D eigenvalue weighted by molar-refractivity contribution is 5.98. The molecular formula is C24H31N3O5. The number of piperidine rings is 1. The number of likely N-dealkylation sites (tertiary alicyclic amines) is 1. The number of nitrogens with zero attached hydrogens (tertiary/aromatic N) is 2. The number of carbonyl (C=O) groups is 3. The molecule has 0 bridgehead atoms. The van der Waals surface area contributed by atoms with Crippen molar-refractivity contribution in [3.8, 4) is 0 Å². The molecule has 5 rings (SSSR count). The van der Waals surface area contributed by atoms with E-state index in [1.807, 2.05) is 23.1 Å². The minimum absolute atomic E-state index is 0.0326. The van der Waals surface area contributed by atoms with Crippen molar-refractivity contribution < 1.29 is 23.9 Å². The van der Waals surface area contributed by atoms with E-state index >= 15 is 0 Å². The molecule has 3 aliphatic heterocycles. The molecule has 3 saturated heterocycles. The molecule has 2 atom stereocenters. The Labute approximate surface area is 188 Å². The SMILES string of the molecule is O=C(NC[C@@H]1CCCO1)[C@@H]1COC2(CCN(C(=O)C3CC3)CC2)N1C(=O)c1ccccc1. The summed E-state index contributed by atoms with van der Waals surface area (Å²) in [4.78, 5) is 42.8. The van der Waals surface area contributed by atoms with Gasteiger partial charge in [0.1, 0.15) is 11.8 Å². The number of hydrogen-bond acceptors (Lipinski definition) is 5. The normalized spacial score (nSPS) is 27.0. The summed E-state index contributed by atoms with van der Waals surface area (Å²) in [7, 11) is 0. The lowest BCUT2D eigenvalue weighted by Gasteiger charge is -2.44. The second-order valence-corrected chi connectivity index (χ2v) is 9.29. The van der Waals surface area contributed by atoms with Gasteiger partial charge in [-0.15, -0.1) is 0 Å². The van der Waals surface area contributed by atoms with Crippen LogP contribution in [0.15, 0.2) is 30.3 Å². The van der Waals surface area contributed by atoms with Gasteiger partial charge >= 0.3 is 0 Å². The van der Waals surface area contributed by atoms with Crippen LogP contribution in [0.3, 0.4) is 0 Å². The van der Waals surface area contributed by atoms with E-state index in [-0.39, 0.29) is 36.4 Å². The Morgan fingerprint density at radius 3 is 2.47 bits per heavy atom. The highest BCUT2D eigenvalue weighted by Gasteiger charge is 2.54. The summed E-state index contributed by atoms with van der Waals surface area (Å²) in [5, 5.41) is 2.97. The molecule has 8 nitrogen and oxygen atoms in total. The fourth-order valence-corrected chi connectivity index (χ4v) is 5.09. The first-order valence-electron chi connectivity index (χ1n) is 11.8. The molecule has 4 fully saturated rings. The van der Waals surface area contributed by atoms with Crippen LogP contribution >= 0.6 is 0 Å². The zero-order valence-corrected chi connectivity index (χ0v) is 18.3. The summed E-state index contributed by atoms with van der Waals surface area (Å²) < 4.78 is 11.8. The molecule has 1 saturated carbocycles. The second kappa shape index (κ2) is 8.83. The monoisotopic (exact) mass is 441 g/mol. The molecule has 4 aliphatic rings. The third-order valence-electron chi connectivity index (χ3n) is 7.11. The standard InChI is InChI=1S/C24H31N3O5/c28-21(25-15-19-7-4-14-31-19)20-16-32-24(27(20)23(30)17-5-2-1-3-6-17)10-12-26(13-11-24)22(29)18-8-9-18/h1-3,5-6,18-20H,4,7-16H2,(H,25,28)/t19-,20-/m0/s1. The maximum atomic E-state index is 13.6. The van der Waals surface area contributed by atoms with Gasteiger partial charge in [-0.2, -0.15) is 0 Å². The molecule has 0 radical (unpaired) electrons. The highest BCUT2D eigenvalue weighted by Crippen LogP contribution is 2.40. The summed E-state index contributed by atoms with van der Waals surface area (Å²) in [6.07, 6.45) is 4.95. The van der Waals surface area contributed by atoms with Crippen molar-refractivity contribution in [3.63, 3.8) is 0 Å². The fourth-order valence-electron chi connectivity index (χ4n) is 5.09. The molecule has 3 amide bonds. The maximum absolute atomic E-state index is 13.6. The van der Waals surface area contributed by atoms with Crippen LogP contribution in [0.25, 0.3) is 0 Å². The van der Waals surface area contributed by atoms with Crippen molar-refractivity contribution in [1.29, 1.82) is 0 Å². The summed E-state index contributed by atoms with van der Waals surface area (Å²) in [5.41, 5.74) is -0.329. The average molecular weight is 442 g/mol. The molecule has 32 heavy (non-hydrogen) atoms. The largest absolute Gasteiger partial charge is 0.376 e. The minimum Gasteiger partial charge on any atom is -0.376 e. The van der Waals surface area contributed by atoms with Gasteiger partial charge in [-0.25, -0.2) is 0 Å². The summed E-state index contributed by atoms with van der Waals surface area (Å²) in [6, 6.07) is 8.33. The van der Waals surface area contributed by atoms with Crippen molar-refractivity contribution >= 4 is 17.7 Å². The fraction of sp³-hybridized carbons (Fsp3) is 0.625. The summed E-state index contributed by atoms with van der Waals surface area (Å²) in [6.45, 7) is 2.41. The van der Waals surface area contributed by atoms with Gasteiger partial charge in [0.2, 0.25) is 11.8 Å². The van der Waals surface area contributed by atoms with Crippen LogP contribution in [0.1, 0.15) is 48.9 Å². The maximum Gasteiger partial charge on any atom is 0.256 e. The molecule has 172 valence electrons. The lowest BCUT2D eigenvalue weighted by molar-refractivity contribution is -0.144. The molecular weight excluding hydrogens is 410 g/mol. The first-order valence-corrected chi connectivity index (χ1v) is 11.8. The molecule has 1 aliphatic carbocycles. The van der Waals surface area contributed by atoms with E-state index in [0.717, 1.165) is 32.3 Å². The van der Waals surface area contributed by atoms with Gasteiger partial charge in [0.05, 0.1) is 12.7 Å². The first-order chi connectivity index (χ1) is 15.6. The quantitative estimate of drug-likeness (QED) is 0.749. The van der Waals surface area contributed by atoms with E-state index in [1.165, 1.54) is 0 Å². The van der Waals surface area contributed by atoms with E-state index in [0.29, 0.717) is 38.0 Å². The number of ether oxygens (including phenoxy) is 2. The molecule has 1 N–H and O–H groups in total. The third-order valence-corrected chi connectivity index (χ3v) is 7.11. The summed E-state index contributed by atoms with van der Waals surface area (Å²) in [5.74, 6) is -0.0305. The van der Waals surface area contributed by atoms with Crippen LogP contribution in [0.2, 0.25) is 0 Å². The lowest BCUT2D eigenvalue weighted by atomic mass is 9.96. The molecule has 1 aromatic carbocycles. The number of carbonyl (C=O) groups excluding carboxylic acids is 3. The van der Waals surface area contributed by atoms with Gasteiger partial charge in [-0.1, -0.05) is 18.2 Å². The third kappa shape index (κ3) is 4.13. The van der Waals surface area contributed by atoms with E-state index < -0.39 is 11.8 Å². The molecule has 0 unspecified atom stereocenters. The van der Waals surface area contributed by atoms with Crippen LogP contribution in [0.4, 0.5) is 0 Å². The minimum atomic E-state index is -0.862. The lowest BCUT2D eigenvalue weighted by Crippen LogP contribution is -2.60. The molecule has 1 spiro atoms. The van der Waals surface area contributed by atoms with Crippen molar-refractivity contribution in [1.82, 2.24) is 15.1 Å². The van der Waals surface area contributed by atoms with E-state index in [9.17, 15) is 14.4 Å². The molecule has 1 aromatic rings. The van der Waals surface area contributed by atoms with E-state index in [4.69, 9.17) is 9.47 Å². The number of nitrogens with one attached hydrogen (secondary N) is 1. The Bertz CT molecular complexity index is 858. The predicted molar refractivity (Wildman–Crippen MR) is 116 cm³/mol. The Balaban J connectivity index is 1.33. The van der Waals surface area contributed by atoms with Crippen LogP contribution < -0.4 is 5.32 Å². The van der Waals surface area contributed by atoms with Crippen molar-refractivity contribution in [3.05, 3.63) is 35.9 Å². The van der Waals surface area contributed by atoms with Crippen LogP contribution in [-0.2, 0) is 19.1 Å². The Morgan fingerprint density at radius 1 is 1.06 bits per heavy atom. The van der Waals surface area contributed by atoms with Crippen molar-refractivity contribution in [2.45, 2.75) is 56.4 Å². The van der Waals surface area contributed by atoms with Crippen LogP contribution in [0.5, 0.6) is 0 Å². The van der Waals surface area contributed by atoms with Gasteiger partial charge in [0.25, 0.3) is 5.91 Å². The smallest absolute Gasteiger partial charge is 0.256 e. The van der Waals surface area contributed by atoms with Gasteiger partial charge < -0.3 is 19.7 Å². The first kappa shape index (κ1) is 21.4. The number of amides is 3. The van der Waals surface area contributed by atoms with Gasteiger partial charge in [-0.05, 0) is 37.8 Å². The highest BCUT2D eigenvalue weighted by atomic mass is 16.5.